The van der Waals surface area contributed by atoms with E-state index in [1.165, 1.54) is 0 Å². The number of hydrogen-bond donors (Lipinski definition) is 4. The van der Waals surface area contributed by atoms with Gasteiger partial charge in [0.25, 0.3) is 0 Å². The summed E-state index contributed by atoms with van der Waals surface area (Å²) in [5.41, 5.74) is 0.702. The van der Waals surface area contributed by atoms with Gasteiger partial charge < -0.3 is 20.6 Å². The Balaban J connectivity index is 1.34. The maximum absolute atomic E-state index is 13.4. The molecule has 12 nitrogen and oxygen atoms in total. The average molecular weight is 604 g/mol. The minimum absolute atomic E-state index is 0.0366. The lowest BCUT2D eigenvalue weighted by atomic mass is 9.93. The Morgan fingerprint density at radius 3 is 1.36 bits per heavy atom. The molecule has 44 heavy (non-hydrogen) atoms. The zero-order valence-corrected chi connectivity index (χ0v) is 24.4. The van der Waals surface area contributed by atoms with Crippen LogP contribution in [-0.4, -0.2) is 137 Å². The fourth-order valence-corrected chi connectivity index (χ4v) is 6.02. The van der Waals surface area contributed by atoms with Gasteiger partial charge in [-0.05, 0) is 33.0 Å². The Bertz CT molecular complexity index is 1610. The minimum Gasteiger partial charge on any atom is -0.480 e. The molecule has 0 bridgehead atoms. The zero-order chi connectivity index (χ0) is 31.2. The zero-order valence-electron chi connectivity index (χ0n) is 24.4. The van der Waals surface area contributed by atoms with Crippen molar-refractivity contribution < 1.29 is 34.5 Å². The number of rotatable bonds is 9. The van der Waals surface area contributed by atoms with Gasteiger partial charge in [-0.1, -0.05) is 48.5 Å². The summed E-state index contributed by atoms with van der Waals surface area (Å²) in [6.07, 6.45) is 0. The molecule has 12 heteroatoms. The van der Waals surface area contributed by atoms with Crippen molar-refractivity contribution in [3.05, 3.63) is 54.6 Å². The highest BCUT2D eigenvalue weighted by Crippen LogP contribution is 2.37. The predicted molar refractivity (Wildman–Crippen MR) is 167 cm³/mol. The predicted octanol–water partition coefficient (Wildman–Crippen LogP) is 2.00. The van der Waals surface area contributed by atoms with Gasteiger partial charge in [0.15, 0.2) is 0 Å². The summed E-state index contributed by atoms with van der Waals surface area (Å²) in [6, 6.07) is 18.4. The standard InChI is InChI=1S/C32H37N5O7/c38-27(33-26-9-7-24-5-4-22-2-1-3-23-6-8-25(26)32(24)31(22)23)18-34-10-12-35(19-28(39)40)14-16-37(21-30(43)44)17-15-36(13-11-34)20-29(41)42/h1-9H,10-21H2,(H,33,38)(H,39,40)(H,41,42)(H,43,44). The first kappa shape index (κ1) is 31.1. The monoisotopic (exact) mass is 603 g/mol. The Labute approximate surface area is 254 Å². The molecule has 1 fully saturated rings. The van der Waals surface area contributed by atoms with Gasteiger partial charge in [-0.2, -0.15) is 0 Å². The molecular formula is C32H37N5O7. The van der Waals surface area contributed by atoms with Gasteiger partial charge >= 0.3 is 17.9 Å². The number of hydrogen-bond acceptors (Lipinski definition) is 8. The van der Waals surface area contributed by atoms with Crippen molar-refractivity contribution in [2.45, 2.75) is 0 Å². The van der Waals surface area contributed by atoms with Crippen LogP contribution in [0.1, 0.15) is 0 Å². The number of carbonyl (C=O) groups excluding carboxylic acids is 1. The highest BCUT2D eigenvalue weighted by atomic mass is 16.4. The van der Waals surface area contributed by atoms with E-state index in [9.17, 15) is 34.5 Å². The van der Waals surface area contributed by atoms with Crippen LogP contribution in [0.25, 0.3) is 32.3 Å². The Morgan fingerprint density at radius 1 is 0.523 bits per heavy atom. The van der Waals surface area contributed by atoms with Crippen LogP contribution in [0.4, 0.5) is 5.69 Å². The molecule has 4 aromatic carbocycles. The average Bonchev–Trinajstić information content (AvgIpc) is 2.97. The summed E-state index contributed by atoms with van der Waals surface area (Å²) < 4.78 is 0. The highest BCUT2D eigenvalue weighted by Gasteiger charge is 2.21. The molecule has 0 atom stereocenters. The molecule has 1 amide bonds. The van der Waals surface area contributed by atoms with E-state index in [0.29, 0.717) is 58.0 Å². The van der Waals surface area contributed by atoms with E-state index in [4.69, 9.17) is 0 Å². The van der Waals surface area contributed by atoms with Crippen LogP contribution in [0.3, 0.4) is 0 Å². The van der Waals surface area contributed by atoms with Gasteiger partial charge in [0.05, 0.1) is 26.2 Å². The molecular weight excluding hydrogens is 566 g/mol. The van der Waals surface area contributed by atoms with Crippen LogP contribution < -0.4 is 5.32 Å². The Morgan fingerprint density at radius 2 is 0.909 bits per heavy atom. The van der Waals surface area contributed by atoms with E-state index in [1.807, 2.05) is 29.2 Å². The second kappa shape index (κ2) is 14.0. The van der Waals surface area contributed by atoms with Crippen LogP contribution in [-0.2, 0) is 19.2 Å². The summed E-state index contributed by atoms with van der Waals surface area (Å²) in [5.74, 6) is -3.22. The van der Waals surface area contributed by atoms with E-state index in [2.05, 4.69) is 35.6 Å². The summed E-state index contributed by atoms with van der Waals surface area (Å²) in [7, 11) is 0. The number of nitrogens with one attached hydrogen (secondary N) is 1. The van der Waals surface area contributed by atoms with Crippen molar-refractivity contribution in [3.63, 3.8) is 0 Å². The maximum atomic E-state index is 13.4. The number of aliphatic carboxylic acids is 3. The van der Waals surface area contributed by atoms with Crippen molar-refractivity contribution in [2.75, 3.05) is 83.9 Å². The minimum atomic E-state index is -1.01. The lowest BCUT2D eigenvalue weighted by Gasteiger charge is -2.32. The molecule has 0 radical (unpaired) electrons. The Hall–Kier alpha value is -4.36. The summed E-state index contributed by atoms with van der Waals surface area (Å²) in [5, 5.41) is 37.9. The molecule has 4 N–H and O–H groups in total. The number of nitrogens with zero attached hydrogens (tertiary/aromatic N) is 4. The molecule has 0 saturated carbocycles. The molecule has 0 unspecified atom stereocenters. The molecule has 1 heterocycles. The molecule has 1 aliphatic rings. The molecule has 4 aromatic rings. The summed E-state index contributed by atoms with van der Waals surface area (Å²) in [4.78, 5) is 55.0. The quantitative estimate of drug-likeness (QED) is 0.208. The number of anilines is 1. The van der Waals surface area contributed by atoms with Gasteiger partial charge in [0, 0.05) is 63.4 Å². The number of amides is 1. The maximum Gasteiger partial charge on any atom is 0.317 e. The van der Waals surface area contributed by atoms with Crippen molar-refractivity contribution in [1.82, 2.24) is 19.6 Å². The largest absolute Gasteiger partial charge is 0.480 e. The van der Waals surface area contributed by atoms with E-state index in [0.717, 1.165) is 32.3 Å². The SMILES string of the molecule is O=C(O)CN1CCN(CC(=O)O)CCN(CC(=O)Nc2ccc3ccc4cccc5ccc2c3c45)CCN(CC(=O)O)CC1. The van der Waals surface area contributed by atoms with Crippen LogP contribution in [0.2, 0.25) is 0 Å². The third-order valence-electron chi connectivity index (χ3n) is 8.18. The third kappa shape index (κ3) is 7.77. The number of benzene rings is 4. The number of carboxylic acid groups (broad SMARTS) is 3. The topological polar surface area (TPSA) is 154 Å². The molecule has 0 aromatic heterocycles. The lowest BCUT2D eigenvalue weighted by molar-refractivity contribution is -0.140. The first-order valence-corrected chi connectivity index (χ1v) is 14.7. The van der Waals surface area contributed by atoms with Crippen LogP contribution >= 0.6 is 0 Å². The van der Waals surface area contributed by atoms with E-state index < -0.39 is 17.9 Å². The second-order valence-corrected chi connectivity index (χ2v) is 11.3. The second-order valence-electron chi connectivity index (χ2n) is 11.3. The van der Waals surface area contributed by atoms with E-state index in [-0.39, 0.29) is 32.1 Å². The number of carbonyl (C=O) groups is 4. The fraction of sp³-hybridized carbons (Fsp3) is 0.375. The lowest BCUT2D eigenvalue weighted by Crippen LogP contribution is -2.49. The fourth-order valence-electron chi connectivity index (χ4n) is 6.02. The number of carboxylic acids is 3. The van der Waals surface area contributed by atoms with Crippen LogP contribution in [0.15, 0.2) is 54.6 Å². The van der Waals surface area contributed by atoms with Crippen molar-refractivity contribution in [3.8, 4) is 0 Å². The highest BCUT2D eigenvalue weighted by molar-refractivity contribution is 6.25. The van der Waals surface area contributed by atoms with Crippen molar-refractivity contribution in [2.24, 2.45) is 0 Å². The summed E-state index contributed by atoms with van der Waals surface area (Å²) in [6.45, 7) is 2.10. The van der Waals surface area contributed by atoms with Gasteiger partial charge in [-0.3, -0.25) is 38.8 Å². The summed E-state index contributed by atoms with van der Waals surface area (Å²) >= 11 is 0. The van der Waals surface area contributed by atoms with Gasteiger partial charge in [0.1, 0.15) is 0 Å². The molecule has 0 spiro atoms. The first-order valence-electron chi connectivity index (χ1n) is 14.7. The van der Waals surface area contributed by atoms with Gasteiger partial charge in [0.2, 0.25) is 5.91 Å². The van der Waals surface area contributed by atoms with Crippen LogP contribution in [0.5, 0.6) is 0 Å². The Kier molecular flexibility index (Phi) is 9.85. The van der Waals surface area contributed by atoms with E-state index in [1.54, 1.807) is 14.7 Å². The molecule has 1 aliphatic heterocycles. The van der Waals surface area contributed by atoms with Crippen molar-refractivity contribution >= 4 is 61.8 Å². The van der Waals surface area contributed by atoms with Crippen LogP contribution in [0, 0.1) is 0 Å². The third-order valence-corrected chi connectivity index (χ3v) is 8.18. The molecule has 5 rings (SSSR count). The first-order chi connectivity index (χ1) is 21.2. The van der Waals surface area contributed by atoms with Gasteiger partial charge in [-0.25, -0.2) is 0 Å². The smallest absolute Gasteiger partial charge is 0.317 e. The normalized spacial score (nSPS) is 17.0. The molecule has 0 aliphatic carbocycles. The molecule has 232 valence electrons. The van der Waals surface area contributed by atoms with Crippen molar-refractivity contribution in [1.29, 1.82) is 0 Å². The van der Waals surface area contributed by atoms with E-state index >= 15 is 0 Å². The van der Waals surface area contributed by atoms with Gasteiger partial charge in [-0.15, -0.1) is 0 Å². The molecule has 1 saturated heterocycles.